The number of hydrogen-bond donors (Lipinski definition) is 0. The minimum absolute atomic E-state index is 0.139. The topological polar surface area (TPSA) is 61.5 Å². The van der Waals surface area contributed by atoms with Gasteiger partial charge >= 0.3 is 0 Å². The van der Waals surface area contributed by atoms with Gasteiger partial charge in [-0.1, -0.05) is 0 Å². The molecule has 1 saturated heterocycles. The van der Waals surface area contributed by atoms with Crippen molar-refractivity contribution in [3.8, 4) is 6.07 Å². The number of aryl methyl sites for hydroxylation is 1. The van der Waals surface area contributed by atoms with E-state index in [9.17, 15) is 10.1 Å². The molecule has 32 heavy (non-hydrogen) atoms. The molecule has 0 amide bonds. The van der Waals surface area contributed by atoms with Gasteiger partial charge in [0.25, 0.3) is 0 Å². The molecule has 0 unspecified atom stereocenters. The predicted molar refractivity (Wildman–Crippen MR) is 141 cm³/mol. The molecule has 1 aromatic heterocycles. The zero-order chi connectivity index (χ0) is 22.8. The number of carbonyl (C=O) groups is 1. The smallest absolute Gasteiger partial charge is 0.222 e. The van der Waals surface area contributed by atoms with E-state index in [1.54, 1.807) is 23.3 Å². The van der Waals surface area contributed by atoms with Crippen LogP contribution in [0.5, 0.6) is 0 Å². The first kappa shape index (κ1) is 24.0. The number of piperidine rings is 1. The summed E-state index contributed by atoms with van der Waals surface area (Å²) in [5.41, 5.74) is 4.33. The average molecular weight is 583 g/mol. The Morgan fingerprint density at radius 1 is 1.25 bits per heavy atom. The number of halogens is 1. The number of fused-ring (bicyclic) bond motifs is 1. The molecular formula is C23H27IN4O2S2. The van der Waals surface area contributed by atoms with Crippen LogP contribution < -0.4 is 0 Å². The Labute approximate surface area is 210 Å². The number of benzene rings is 1. The van der Waals surface area contributed by atoms with Crippen LogP contribution in [0, 0.1) is 18.3 Å². The van der Waals surface area contributed by atoms with Gasteiger partial charge in [0.05, 0.1) is 23.8 Å². The summed E-state index contributed by atoms with van der Waals surface area (Å²) in [6.45, 7) is 4.20. The van der Waals surface area contributed by atoms with Crippen molar-refractivity contribution in [2.24, 2.45) is 0 Å². The first-order valence-electron chi connectivity index (χ1n) is 10.8. The molecule has 1 aromatic carbocycles. The Kier molecular flexibility index (Phi) is 7.77. The summed E-state index contributed by atoms with van der Waals surface area (Å²) in [4.78, 5) is 14.8. The Hall–Kier alpha value is -1.19. The summed E-state index contributed by atoms with van der Waals surface area (Å²) in [5, 5.41) is 10.5. The van der Waals surface area contributed by atoms with Gasteiger partial charge in [-0.2, -0.15) is 5.26 Å². The van der Waals surface area contributed by atoms with E-state index in [-0.39, 0.29) is 11.4 Å². The third kappa shape index (κ3) is 5.30. The van der Waals surface area contributed by atoms with E-state index in [0.717, 1.165) is 36.8 Å². The molecule has 1 saturated carbocycles. The number of allylic oxidation sites excluding steroid dienone is 1. The summed E-state index contributed by atoms with van der Waals surface area (Å²) in [6, 6.07) is 8.40. The number of nitriles is 1. The second-order valence-corrected chi connectivity index (χ2v) is 11.2. The van der Waals surface area contributed by atoms with E-state index in [4.69, 9.17) is 4.18 Å². The van der Waals surface area contributed by atoms with Gasteiger partial charge in [0.2, 0.25) is 5.78 Å². The maximum atomic E-state index is 13.1. The SMILES string of the molecule is Cc1cc2cc(C(=O)/C(C#N)=C/N(C)C)n(SI)c2cc1C1CCN(SOC2CC2)CC1. The van der Waals surface area contributed by atoms with Crippen LogP contribution in [-0.2, 0) is 4.18 Å². The maximum absolute atomic E-state index is 13.1. The first-order valence-corrected chi connectivity index (χ1v) is 14.8. The molecule has 1 aliphatic heterocycles. The van der Waals surface area contributed by atoms with Crippen molar-refractivity contribution in [2.45, 2.75) is 44.6 Å². The normalized spacial score (nSPS) is 18.2. The Bertz CT molecular complexity index is 1080. The minimum Gasteiger partial charge on any atom is -0.382 e. The molecule has 0 bridgehead atoms. The Morgan fingerprint density at radius 3 is 2.56 bits per heavy atom. The highest BCUT2D eigenvalue weighted by Crippen LogP contribution is 2.38. The summed E-state index contributed by atoms with van der Waals surface area (Å²) >= 11 is 3.75. The highest BCUT2D eigenvalue weighted by atomic mass is 127. The molecule has 0 N–H and O–H groups in total. The third-order valence-corrected chi connectivity index (χ3v) is 8.55. The van der Waals surface area contributed by atoms with Crippen molar-refractivity contribution in [1.82, 2.24) is 13.2 Å². The molecule has 170 valence electrons. The highest BCUT2D eigenvalue weighted by molar-refractivity contribution is 14.2. The van der Waals surface area contributed by atoms with Crippen LogP contribution in [0.25, 0.3) is 10.9 Å². The van der Waals surface area contributed by atoms with Crippen molar-refractivity contribution in [3.63, 3.8) is 0 Å². The van der Waals surface area contributed by atoms with E-state index in [2.05, 4.69) is 50.6 Å². The summed E-state index contributed by atoms with van der Waals surface area (Å²) in [7, 11) is 5.09. The average Bonchev–Trinajstić information content (AvgIpc) is 3.55. The van der Waals surface area contributed by atoms with Crippen molar-refractivity contribution in [2.75, 3.05) is 27.2 Å². The lowest BCUT2D eigenvalue weighted by Crippen LogP contribution is -2.28. The van der Waals surface area contributed by atoms with Crippen LogP contribution >= 0.6 is 42.6 Å². The van der Waals surface area contributed by atoms with Gasteiger partial charge in [-0.15, -0.1) is 0 Å². The number of rotatable bonds is 8. The molecular weight excluding hydrogens is 555 g/mol. The van der Waals surface area contributed by atoms with Crippen LogP contribution in [0.15, 0.2) is 30.0 Å². The lowest BCUT2D eigenvalue weighted by atomic mass is 9.87. The molecule has 2 aliphatic rings. The maximum Gasteiger partial charge on any atom is 0.222 e. The zero-order valence-corrected chi connectivity index (χ0v) is 22.3. The molecule has 0 radical (unpaired) electrons. The van der Waals surface area contributed by atoms with Crippen molar-refractivity contribution in [3.05, 3.63) is 46.8 Å². The molecule has 2 fully saturated rings. The Morgan fingerprint density at radius 2 is 1.97 bits per heavy atom. The summed E-state index contributed by atoms with van der Waals surface area (Å²) < 4.78 is 10.1. The van der Waals surface area contributed by atoms with Gasteiger partial charge in [-0.05, 0) is 67.9 Å². The van der Waals surface area contributed by atoms with Gasteiger partial charge in [-0.3, -0.25) is 13.0 Å². The number of Topliss-reactive ketones (excluding diaryl/α,β-unsaturated/α-hetero) is 1. The van der Waals surface area contributed by atoms with Crippen LogP contribution in [0.4, 0.5) is 0 Å². The molecule has 4 rings (SSSR count). The molecule has 0 atom stereocenters. The van der Waals surface area contributed by atoms with Crippen molar-refractivity contribution in [1.29, 1.82) is 5.26 Å². The summed E-state index contributed by atoms with van der Waals surface area (Å²) in [6.07, 6.45) is 6.64. The lowest BCUT2D eigenvalue weighted by Gasteiger charge is -2.31. The molecule has 6 nitrogen and oxygen atoms in total. The van der Waals surface area contributed by atoms with Gasteiger partial charge in [-0.25, -0.2) is 4.31 Å². The van der Waals surface area contributed by atoms with E-state index in [1.807, 2.05) is 24.1 Å². The number of hydrogen-bond acceptors (Lipinski definition) is 7. The van der Waals surface area contributed by atoms with Gasteiger partial charge in [0.15, 0.2) is 0 Å². The van der Waals surface area contributed by atoms with Crippen LogP contribution in [0.3, 0.4) is 0 Å². The van der Waals surface area contributed by atoms with Gasteiger partial charge in [0.1, 0.15) is 17.3 Å². The number of nitrogens with zero attached hydrogens (tertiary/aromatic N) is 4. The van der Waals surface area contributed by atoms with E-state index >= 15 is 0 Å². The lowest BCUT2D eigenvalue weighted by molar-refractivity contribution is 0.103. The standard InChI is InChI=1S/C23H27IN4O2S2/c1-15-10-17-11-22(23(29)18(13-25)14-26(2)3)28(31-24)21(17)12-20(15)16-6-8-27(9-7-16)32-30-19-4-5-19/h10-12,14,16,19H,4-9H2,1-3H3/b18-14+. The fourth-order valence-electron chi connectivity index (χ4n) is 4.10. The molecule has 2 aromatic rings. The van der Waals surface area contributed by atoms with Crippen LogP contribution in [0.1, 0.15) is 53.2 Å². The first-order chi connectivity index (χ1) is 15.4. The third-order valence-electron chi connectivity index (χ3n) is 5.90. The van der Waals surface area contributed by atoms with E-state index in [0.29, 0.717) is 17.7 Å². The Balaban J connectivity index is 1.59. The molecule has 2 heterocycles. The fraction of sp³-hybridized carbons (Fsp3) is 0.478. The van der Waals surface area contributed by atoms with E-state index in [1.165, 1.54) is 33.1 Å². The molecule has 1 aliphatic carbocycles. The largest absolute Gasteiger partial charge is 0.382 e. The minimum atomic E-state index is -0.248. The number of ketones is 1. The fourth-order valence-corrected chi connectivity index (χ4v) is 6.61. The van der Waals surface area contributed by atoms with E-state index < -0.39 is 0 Å². The second kappa shape index (κ2) is 10.4. The number of carbonyl (C=O) groups excluding carboxylic acids is 1. The van der Waals surface area contributed by atoms with Gasteiger partial charge in [0, 0.05) is 69.1 Å². The zero-order valence-electron chi connectivity index (χ0n) is 18.5. The number of aromatic nitrogens is 1. The van der Waals surface area contributed by atoms with Crippen LogP contribution in [-0.4, -0.2) is 52.2 Å². The monoisotopic (exact) mass is 582 g/mol. The second-order valence-electron chi connectivity index (χ2n) is 8.68. The summed E-state index contributed by atoms with van der Waals surface area (Å²) in [5.74, 6) is 0.254. The quantitative estimate of drug-likeness (QED) is 0.0964. The molecule has 9 heteroatoms. The van der Waals surface area contributed by atoms with Crippen LogP contribution in [0.2, 0.25) is 0 Å². The predicted octanol–water partition coefficient (Wildman–Crippen LogP) is 5.87. The molecule has 0 spiro atoms. The van der Waals surface area contributed by atoms with Crippen molar-refractivity contribution < 1.29 is 8.98 Å². The van der Waals surface area contributed by atoms with Gasteiger partial charge < -0.3 is 4.90 Å². The highest BCUT2D eigenvalue weighted by Gasteiger charge is 2.28. The van der Waals surface area contributed by atoms with Crippen molar-refractivity contribution >= 4 is 59.2 Å².